The number of likely N-dealkylation sites (tertiary alicyclic amines) is 1. The molecule has 2 aromatic carbocycles. The molecule has 1 aromatic heterocycles. The van der Waals surface area contributed by atoms with Crippen molar-refractivity contribution in [3.8, 4) is 5.75 Å². The van der Waals surface area contributed by atoms with Gasteiger partial charge in [-0.05, 0) is 42.8 Å². The number of nitrogens with zero attached hydrogens (tertiary/aromatic N) is 4. The lowest BCUT2D eigenvalue weighted by atomic mass is 9.99. The number of carbonyl (C=O) groups is 3. The zero-order valence-corrected chi connectivity index (χ0v) is 23.6. The molecule has 1 atom stereocenters. The summed E-state index contributed by atoms with van der Waals surface area (Å²) in [6.45, 7) is 5.31. The maximum absolute atomic E-state index is 12.8. The van der Waals surface area contributed by atoms with Crippen molar-refractivity contribution in [1.29, 1.82) is 0 Å². The number of halogens is 1. The van der Waals surface area contributed by atoms with Crippen LogP contribution in [0.3, 0.4) is 0 Å². The van der Waals surface area contributed by atoms with E-state index >= 15 is 0 Å². The maximum Gasteiger partial charge on any atom is 0.294 e. The highest BCUT2D eigenvalue weighted by Gasteiger charge is 2.23. The van der Waals surface area contributed by atoms with Crippen molar-refractivity contribution < 1.29 is 19.1 Å². The lowest BCUT2D eigenvalue weighted by Crippen LogP contribution is -2.30. The second kappa shape index (κ2) is 12.8. The Morgan fingerprint density at radius 2 is 1.98 bits per heavy atom. The number of aromatic nitrogens is 2. The van der Waals surface area contributed by atoms with Gasteiger partial charge in [0, 0.05) is 51.8 Å². The van der Waals surface area contributed by atoms with E-state index in [9.17, 15) is 14.4 Å². The number of carbonyl (C=O) groups excluding carboxylic acids is 3. The fourth-order valence-electron chi connectivity index (χ4n) is 4.47. The van der Waals surface area contributed by atoms with Gasteiger partial charge in [-0.25, -0.2) is 9.97 Å². The summed E-state index contributed by atoms with van der Waals surface area (Å²) in [4.78, 5) is 49.7. The zero-order chi connectivity index (χ0) is 28.8. The molecule has 208 valence electrons. The van der Waals surface area contributed by atoms with Gasteiger partial charge in [-0.15, -0.1) is 0 Å². The first kappa shape index (κ1) is 28.9. The minimum absolute atomic E-state index is 0.0418. The average molecular weight is 562 g/mol. The van der Waals surface area contributed by atoms with E-state index in [2.05, 4.69) is 26.8 Å². The predicted molar refractivity (Wildman–Crippen MR) is 154 cm³/mol. The van der Waals surface area contributed by atoms with E-state index in [-0.39, 0.29) is 18.4 Å². The van der Waals surface area contributed by atoms with Crippen LogP contribution in [0.25, 0.3) is 0 Å². The van der Waals surface area contributed by atoms with Crippen LogP contribution in [0.5, 0.6) is 5.75 Å². The summed E-state index contributed by atoms with van der Waals surface area (Å²) in [6.07, 6.45) is 4.31. The molecule has 1 unspecified atom stereocenters. The molecule has 2 amide bonds. The summed E-state index contributed by atoms with van der Waals surface area (Å²) < 4.78 is 6.20. The van der Waals surface area contributed by atoms with E-state index in [1.165, 1.54) is 31.3 Å². The third-order valence-electron chi connectivity index (χ3n) is 6.58. The first-order chi connectivity index (χ1) is 19.1. The summed E-state index contributed by atoms with van der Waals surface area (Å²) in [5, 5.41) is 3.19. The topological polar surface area (TPSA) is 105 Å². The van der Waals surface area contributed by atoms with Crippen LogP contribution in [-0.4, -0.2) is 77.7 Å². The van der Waals surface area contributed by atoms with Crippen molar-refractivity contribution in [2.24, 2.45) is 0 Å². The maximum atomic E-state index is 12.8. The van der Waals surface area contributed by atoms with Crippen molar-refractivity contribution in [3.05, 3.63) is 94.5 Å². The van der Waals surface area contributed by atoms with E-state index in [1.54, 1.807) is 24.3 Å². The van der Waals surface area contributed by atoms with Crippen LogP contribution in [0.4, 0.5) is 5.69 Å². The highest BCUT2D eigenvalue weighted by atomic mass is 35.5. The first-order valence-electron chi connectivity index (χ1n) is 12.9. The second-order valence-electron chi connectivity index (χ2n) is 9.93. The van der Waals surface area contributed by atoms with Crippen molar-refractivity contribution in [2.75, 3.05) is 39.5 Å². The predicted octanol–water partition coefficient (Wildman–Crippen LogP) is 3.79. The number of hydrogen-bond acceptors (Lipinski definition) is 7. The smallest absolute Gasteiger partial charge is 0.294 e. The van der Waals surface area contributed by atoms with E-state index in [0.717, 1.165) is 25.1 Å². The number of benzene rings is 2. The van der Waals surface area contributed by atoms with E-state index in [1.807, 2.05) is 25.2 Å². The largest absolute Gasteiger partial charge is 0.487 e. The molecule has 1 N–H and O–H groups in total. The Labute approximate surface area is 238 Å². The van der Waals surface area contributed by atoms with Gasteiger partial charge in [0.1, 0.15) is 17.7 Å². The molecule has 1 aliphatic rings. The lowest BCUT2D eigenvalue weighted by molar-refractivity contribution is -0.124. The van der Waals surface area contributed by atoms with Crippen LogP contribution in [0, 0.1) is 0 Å². The fourth-order valence-corrected chi connectivity index (χ4v) is 4.63. The number of rotatable bonds is 10. The van der Waals surface area contributed by atoms with Gasteiger partial charge >= 0.3 is 0 Å². The Morgan fingerprint density at radius 3 is 2.67 bits per heavy atom. The summed E-state index contributed by atoms with van der Waals surface area (Å²) in [7, 11) is 5.13. The molecule has 0 radical (unpaired) electrons. The number of ether oxygens (including phenoxy) is 1. The highest BCUT2D eigenvalue weighted by Crippen LogP contribution is 2.30. The minimum atomic E-state index is -0.603. The molecule has 0 saturated carbocycles. The molecule has 1 aliphatic heterocycles. The van der Waals surface area contributed by atoms with Crippen LogP contribution < -0.4 is 10.1 Å². The van der Waals surface area contributed by atoms with Gasteiger partial charge in [-0.2, -0.15) is 0 Å². The molecule has 3 aromatic rings. The SMILES string of the molecule is C=CC(=O)Nc1cc(Cc2ncc(Cl)c(Cc3ccccc3C(=O)C(=O)N(C)C)n2)ccc1OC1CCN(C)C1. The Hall–Kier alpha value is -4.08. The van der Waals surface area contributed by atoms with Crippen molar-refractivity contribution in [2.45, 2.75) is 25.4 Å². The molecular weight excluding hydrogens is 530 g/mol. The fraction of sp³-hybridized carbons (Fsp3) is 0.300. The number of anilines is 1. The van der Waals surface area contributed by atoms with Gasteiger partial charge in [0.2, 0.25) is 5.91 Å². The molecule has 1 fully saturated rings. The van der Waals surface area contributed by atoms with E-state index in [0.29, 0.717) is 45.5 Å². The third kappa shape index (κ3) is 7.11. The Kier molecular flexibility index (Phi) is 9.29. The van der Waals surface area contributed by atoms with Gasteiger partial charge in [0.05, 0.1) is 16.4 Å². The summed E-state index contributed by atoms with van der Waals surface area (Å²) in [5.41, 5.74) is 2.89. The number of Topliss-reactive ketones (excluding diaryl/α,β-unsaturated/α-hetero) is 1. The molecule has 40 heavy (non-hydrogen) atoms. The molecule has 0 bridgehead atoms. The first-order valence-corrected chi connectivity index (χ1v) is 13.3. The molecule has 0 aliphatic carbocycles. The van der Waals surface area contributed by atoms with Crippen LogP contribution in [0.1, 0.15) is 39.4 Å². The van der Waals surface area contributed by atoms with Crippen LogP contribution in [0.2, 0.25) is 5.02 Å². The molecule has 4 rings (SSSR count). The van der Waals surface area contributed by atoms with Gasteiger partial charge in [-0.3, -0.25) is 14.4 Å². The highest BCUT2D eigenvalue weighted by molar-refractivity contribution is 6.43. The monoisotopic (exact) mass is 561 g/mol. The van der Waals surface area contributed by atoms with E-state index in [4.69, 9.17) is 16.3 Å². The lowest BCUT2D eigenvalue weighted by Gasteiger charge is -2.18. The van der Waals surface area contributed by atoms with Crippen LogP contribution in [-0.2, 0) is 22.4 Å². The molecule has 1 saturated heterocycles. The summed E-state index contributed by atoms with van der Waals surface area (Å²) in [6, 6.07) is 12.5. The number of nitrogens with one attached hydrogen (secondary N) is 1. The minimum Gasteiger partial charge on any atom is -0.487 e. The quantitative estimate of drug-likeness (QED) is 0.228. The van der Waals surface area contributed by atoms with Crippen LogP contribution >= 0.6 is 11.6 Å². The van der Waals surface area contributed by atoms with Crippen molar-refractivity contribution >= 4 is 34.9 Å². The third-order valence-corrected chi connectivity index (χ3v) is 6.89. The molecule has 0 spiro atoms. The van der Waals surface area contributed by atoms with Gasteiger partial charge in [0.25, 0.3) is 11.7 Å². The van der Waals surface area contributed by atoms with Crippen LogP contribution in [0.15, 0.2) is 61.3 Å². The van der Waals surface area contributed by atoms with Crippen molar-refractivity contribution in [1.82, 2.24) is 19.8 Å². The molecule has 10 heteroatoms. The van der Waals surface area contributed by atoms with Gasteiger partial charge < -0.3 is 19.9 Å². The Balaban J connectivity index is 1.57. The Morgan fingerprint density at radius 1 is 1.20 bits per heavy atom. The summed E-state index contributed by atoms with van der Waals surface area (Å²) >= 11 is 6.44. The standard InChI is InChI=1S/C30H32ClN5O4/c1-5-28(37)34-25-14-19(10-11-26(25)40-21-12-13-36(4)18-21)15-27-32-17-23(31)24(33-27)16-20-8-6-7-9-22(20)29(38)30(39)35(2)3/h5-11,14,17,21H,1,12-13,15-16,18H2,2-4H3,(H,34,37). The molecule has 2 heterocycles. The van der Waals surface area contributed by atoms with Gasteiger partial charge in [0.15, 0.2) is 0 Å². The molecular formula is C30H32ClN5O4. The number of ketones is 1. The molecule has 9 nitrogen and oxygen atoms in total. The Bertz CT molecular complexity index is 1440. The second-order valence-corrected chi connectivity index (χ2v) is 10.3. The van der Waals surface area contributed by atoms with E-state index < -0.39 is 11.7 Å². The van der Waals surface area contributed by atoms with Gasteiger partial charge in [-0.1, -0.05) is 48.5 Å². The number of amides is 2. The number of likely N-dealkylation sites (N-methyl/N-ethyl adjacent to an activating group) is 2. The summed E-state index contributed by atoms with van der Waals surface area (Å²) in [5.74, 6) is -0.429. The normalized spacial score (nSPS) is 14.9. The average Bonchev–Trinajstić information content (AvgIpc) is 3.35. The van der Waals surface area contributed by atoms with Crippen molar-refractivity contribution in [3.63, 3.8) is 0 Å². The number of hydrogen-bond donors (Lipinski definition) is 1. The zero-order valence-electron chi connectivity index (χ0n) is 22.8.